The highest BCUT2D eigenvalue weighted by molar-refractivity contribution is 5.84. The number of methoxy groups -OCH3 is 3. The van der Waals surface area contributed by atoms with Crippen molar-refractivity contribution in [2.45, 2.75) is 64.5 Å². The fraction of sp³-hybridized carbons (Fsp3) is 0.417. The fourth-order valence-electron chi connectivity index (χ4n) is 6.52. The van der Waals surface area contributed by atoms with Gasteiger partial charge in [-0.15, -0.1) is 0 Å². The molecule has 0 bridgehead atoms. The predicted molar refractivity (Wildman–Crippen MR) is 175 cm³/mol. The number of carbonyl (C=O) groups excluding carboxylic acids is 2. The number of benzene rings is 2. The average molecular weight is 614 g/mol. The van der Waals surface area contributed by atoms with E-state index in [1.165, 1.54) is 18.1 Å². The Labute approximate surface area is 264 Å². The molecule has 9 nitrogen and oxygen atoms in total. The molecule has 1 heterocycles. The Bertz CT molecular complexity index is 1620. The summed E-state index contributed by atoms with van der Waals surface area (Å²) in [6, 6.07) is 15.3. The number of nitrogens with zero attached hydrogens (tertiary/aromatic N) is 1. The molecule has 1 aliphatic carbocycles. The number of fused-ring (bicyclic) bond motifs is 4. The van der Waals surface area contributed by atoms with Crippen molar-refractivity contribution in [3.63, 3.8) is 0 Å². The van der Waals surface area contributed by atoms with Crippen LogP contribution in [0, 0.1) is 0 Å². The van der Waals surface area contributed by atoms with Gasteiger partial charge >= 0.3 is 0 Å². The van der Waals surface area contributed by atoms with Gasteiger partial charge in [-0.25, -0.2) is 0 Å². The van der Waals surface area contributed by atoms with E-state index in [1.807, 2.05) is 23.1 Å². The molecule has 238 valence electrons. The third-order valence-electron chi connectivity index (χ3n) is 8.78. The van der Waals surface area contributed by atoms with Crippen molar-refractivity contribution in [3.05, 3.63) is 81.0 Å². The summed E-state index contributed by atoms with van der Waals surface area (Å²) in [5, 5.41) is 6.35. The van der Waals surface area contributed by atoms with Crippen molar-refractivity contribution >= 4 is 17.5 Å². The molecule has 2 N–H and O–H groups in total. The summed E-state index contributed by atoms with van der Waals surface area (Å²) in [6.45, 7) is 3.56. The van der Waals surface area contributed by atoms with Crippen LogP contribution in [-0.2, 0) is 29.0 Å². The topological polar surface area (TPSA) is 106 Å². The number of aryl methyl sites for hydroxylation is 1. The Morgan fingerprint density at radius 1 is 0.889 bits per heavy atom. The van der Waals surface area contributed by atoms with Crippen LogP contribution in [0.25, 0.3) is 11.1 Å². The summed E-state index contributed by atoms with van der Waals surface area (Å²) >= 11 is 0. The van der Waals surface area contributed by atoms with Gasteiger partial charge in [-0.2, -0.15) is 0 Å². The van der Waals surface area contributed by atoms with Crippen molar-refractivity contribution in [2.24, 2.45) is 0 Å². The Balaban J connectivity index is 1.29. The minimum atomic E-state index is -0.356. The van der Waals surface area contributed by atoms with Crippen LogP contribution in [0.4, 0.5) is 5.69 Å². The summed E-state index contributed by atoms with van der Waals surface area (Å²) in [5.41, 5.74) is 6.23. The second-order valence-electron chi connectivity index (χ2n) is 11.7. The molecule has 2 amide bonds. The van der Waals surface area contributed by atoms with Crippen LogP contribution in [0.1, 0.15) is 67.3 Å². The lowest BCUT2D eigenvalue weighted by Gasteiger charge is -2.29. The molecule has 0 saturated carbocycles. The second kappa shape index (κ2) is 14.5. The van der Waals surface area contributed by atoms with E-state index in [0.29, 0.717) is 55.3 Å². The third-order valence-corrected chi connectivity index (χ3v) is 8.78. The predicted octanol–water partition coefficient (Wildman–Crippen LogP) is 5.42. The number of hydrogen-bond acceptors (Lipinski definition) is 7. The zero-order valence-electron chi connectivity index (χ0n) is 26.7. The van der Waals surface area contributed by atoms with Crippen LogP contribution in [0.15, 0.2) is 53.3 Å². The molecule has 5 rings (SSSR count). The van der Waals surface area contributed by atoms with E-state index >= 15 is 0 Å². The third kappa shape index (κ3) is 7.08. The second-order valence-corrected chi connectivity index (χ2v) is 11.7. The normalized spacial score (nSPS) is 15.1. The molecule has 45 heavy (non-hydrogen) atoms. The number of anilines is 1. The number of nitrogens with one attached hydrogen (secondary N) is 2. The van der Waals surface area contributed by atoms with Crippen LogP contribution in [-0.4, -0.2) is 51.1 Å². The van der Waals surface area contributed by atoms with Crippen molar-refractivity contribution in [3.8, 4) is 28.4 Å². The first-order valence-electron chi connectivity index (χ1n) is 15.7. The summed E-state index contributed by atoms with van der Waals surface area (Å²) < 4.78 is 17.1. The van der Waals surface area contributed by atoms with Gasteiger partial charge in [-0.3, -0.25) is 14.4 Å². The number of amides is 2. The molecule has 1 aliphatic heterocycles. The Kier molecular flexibility index (Phi) is 10.3. The zero-order valence-corrected chi connectivity index (χ0v) is 26.7. The van der Waals surface area contributed by atoms with Gasteiger partial charge in [0, 0.05) is 38.5 Å². The molecular formula is C36H43N3O6. The van der Waals surface area contributed by atoms with Gasteiger partial charge < -0.3 is 29.7 Å². The van der Waals surface area contributed by atoms with Crippen LogP contribution in [0.3, 0.4) is 0 Å². The van der Waals surface area contributed by atoms with Gasteiger partial charge in [0.1, 0.15) is 0 Å². The van der Waals surface area contributed by atoms with Crippen LogP contribution in [0.5, 0.6) is 17.2 Å². The maximum Gasteiger partial charge on any atom is 0.222 e. The molecular weight excluding hydrogens is 570 g/mol. The highest BCUT2D eigenvalue weighted by atomic mass is 16.5. The largest absolute Gasteiger partial charge is 0.493 e. The minimum absolute atomic E-state index is 0.157. The number of carbonyl (C=O) groups is 2. The highest BCUT2D eigenvalue weighted by Gasteiger charge is 2.29. The molecule has 0 radical (unpaired) electrons. The minimum Gasteiger partial charge on any atom is -0.493 e. The Hall–Kier alpha value is -4.53. The molecule has 3 aromatic carbocycles. The number of ether oxygens (including phenoxy) is 3. The van der Waals surface area contributed by atoms with Gasteiger partial charge in [0.05, 0.1) is 33.1 Å². The Morgan fingerprint density at radius 3 is 2.40 bits per heavy atom. The summed E-state index contributed by atoms with van der Waals surface area (Å²) in [4.78, 5) is 40.5. The van der Waals surface area contributed by atoms with E-state index in [1.54, 1.807) is 33.5 Å². The molecule has 0 aromatic heterocycles. The number of unbranched alkanes of at least 4 members (excludes halogenated alkanes) is 2. The quantitative estimate of drug-likeness (QED) is 0.278. The lowest BCUT2D eigenvalue weighted by molar-refractivity contribution is -0.132. The maximum atomic E-state index is 13.5. The van der Waals surface area contributed by atoms with Gasteiger partial charge in [-0.1, -0.05) is 36.8 Å². The molecule has 1 atom stereocenters. The number of hydrogen-bond donors (Lipinski definition) is 2. The smallest absolute Gasteiger partial charge is 0.222 e. The molecule has 0 saturated heterocycles. The lowest BCUT2D eigenvalue weighted by Crippen LogP contribution is -2.35. The van der Waals surface area contributed by atoms with E-state index < -0.39 is 0 Å². The van der Waals surface area contributed by atoms with E-state index in [0.717, 1.165) is 54.5 Å². The van der Waals surface area contributed by atoms with Crippen molar-refractivity contribution in [1.82, 2.24) is 10.2 Å². The highest BCUT2D eigenvalue weighted by Crippen LogP contribution is 2.50. The van der Waals surface area contributed by atoms with Crippen molar-refractivity contribution in [1.29, 1.82) is 0 Å². The van der Waals surface area contributed by atoms with Gasteiger partial charge in [0.15, 0.2) is 11.5 Å². The van der Waals surface area contributed by atoms with E-state index in [9.17, 15) is 14.4 Å². The SMILES string of the molecule is COc1cc2c(c(OC)c1OC)-c1ccc(NCCCCCC(=O)N3CCc4ccccc4C3)c(=O)cc1[C@@H](NC(C)=O)CC2. The first-order chi connectivity index (χ1) is 21.8. The van der Waals surface area contributed by atoms with E-state index in [-0.39, 0.29) is 23.3 Å². The Morgan fingerprint density at radius 2 is 1.67 bits per heavy atom. The fourth-order valence-corrected chi connectivity index (χ4v) is 6.52. The lowest BCUT2D eigenvalue weighted by atomic mass is 9.95. The molecule has 2 aliphatic rings. The molecule has 0 spiro atoms. The standard InChI is InChI=1S/C36H43N3O6/c1-23(40)38-29-15-13-25-20-32(43-2)35(44-3)36(45-4)34(25)27-14-16-30(31(41)21-28(27)29)37-18-9-5-6-12-33(42)39-19-17-24-10-7-8-11-26(24)22-39/h7-8,10-11,14,16,20-21,29H,5-6,9,12-13,15,17-19,22H2,1-4H3,(H,37,41)(H,38,40)/t29-/m0/s1. The van der Waals surface area contributed by atoms with Crippen LogP contribution in [0.2, 0.25) is 0 Å². The summed E-state index contributed by atoms with van der Waals surface area (Å²) in [5.74, 6) is 1.59. The first kappa shape index (κ1) is 31.9. The number of rotatable bonds is 11. The van der Waals surface area contributed by atoms with E-state index in [2.05, 4.69) is 28.8 Å². The molecule has 9 heteroatoms. The first-order valence-corrected chi connectivity index (χ1v) is 15.7. The zero-order chi connectivity index (χ0) is 31.9. The summed E-state index contributed by atoms with van der Waals surface area (Å²) in [6.07, 6.45) is 5.20. The van der Waals surface area contributed by atoms with Crippen molar-refractivity contribution < 1.29 is 23.8 Å². The van der Waals surface area contributed by atoms with Gasteiger partial charge in [0.25, 0.3) is 0 Å². The average Bonchev–Trinajstić information content (AvgIpc) is 3.29. The summed E-state index contributed by atoms with van der Waals surface area (Å²) in [7, 11) is 4.74. The molecule has 3 aromatic rings. The monoisotopic (exact) mass is 613 g/mol. The van der Waals surface area contributed by atoms with Crippen molar-refractivity contribution in [2.75, 3.05) is 39.7 Å². The maximum absolute atomic E-state index is 13.5. The van der Waals surface area contributed by atoms with Crippen LogP contribution < -0.4 is 30.3 Å². The molecule has 0 fully saturated rings. The molecule has 0 unspecified atom stereocenters. The van der Waals surface area contributed by atoms with E-state index in [4.69, 9.17) is 14.2 Å². The van der Waals surface area contributed by atoms with Crippen LogP contribution >= 0.6 is 0 Å². The van der Waals surface area contributed by atoms with Gasteiger partial charge in [-0.05, 0) is 78.1 Å². The van der Waals surface area contributed by atoms with Gasteiger partial charge in [0.2, 0.25) is 23.0 Å².